The average molecular weight is 326 g/mol. The average Bonchev–Trinajstić information content (AvgIpc) is 2.73. The first-order valence-corrected chi connectivity index (χ1v) is 7.51. The second kappa shape index (κ2) is 5.64. The molecule has 7 nitrogen and oxygen atoms in total. The third-order valence-electron chi connectivity index (χ3n) is 4.15. The van der Waals surface area contributed by atoms with Crippen LogP contribution in [-0.4, -0.2) is 47.1 Å². The van der Waals surface area contributed by atoms with Crippen molar-refractivity contribution < 1.29 is 14.3 Å². The van der Waals surface area contributed by atoms with E-state index in [-0.39, 0.29) is 11.5 Å². The van der Waals surface area contributed by atoms with Crippen molar-refractivity contribution in [1.82, 2.24) is 15.2 Å². The van der Waals surface area contributed by atoms with Gasteiger partial charge < -0.3 is 19.9 Å². The Bertz CT molecular complexity index is 674. The van der Waals surface area contributed by atoms with Gasteiger partial charge in [-0.15, -0.1) is 0 Å². The van der Waals surface area contributed by atoms with Crippen LogP contribution in [0.3, 0.4) is 0 Å². The quantitative estimate of drug-likeness (QED) is 0.809. The number of aromatic amines is 1. The zero-order chi connectivity index (χ0) is 15.7. The molecule has 0 bridgehead atoms. The van der Waals surface area contributed by atoms with Crippen molar-refractivity contribution in [2.24, 2.45) is 0 Å². The van der Waals surface area contributed by atoms with Gasteiger partial charge >= 0.3 is 6.09 Å². The number of hydrogen-bond donors (Lipinski definition) is 2. The van der Waals surface area contributed by atoms with Crippen LogP contribution in [0.4, 0.5) is 4.79 Å². The van der Waals surface area contributed by atoms with E-state index in [1.807, 2.05) is 0 Å². The van der Waals surface area contributed by atoms with E-state index in [1.54, 1.807) is 4.90 Å². The lowest BCUT2D eigenvalue weighted by Gasteiger charge is -2.24. The molecule has 0 aliphatic carbocycles. The van der Waals surface area contributed by atoms with Crippen LogP contribution in [0.25, 0.3) is 0 Å². The van der Waals surface area contributed by atoms with Crippen LogP contribution in [0, 0.1) is 0 Å². The van der Waals surface area contributed by atoms with Gasteiger partial charge in [-0.25, -0.2) is 4.79 Å². The zero-order valence-electron chi connectivity index (χ0n) is 11.9. The molecule has 2 saturated heterocycles. The number of likely N-dealkylation sites (tertiary alicyclic amines) is 1. The van der Waals surface area contributed by atoms with Gasteiger partial charge in [0.15, 0.2) is 0 Å². The fourth-order valence-corrected chi connectivity index (χ4v) is 3.10. The maximum Gasteiger partial charge on any atom is 0.407 e. The molecule has 0 radical (unpaired) electrons. The zero-order valence-corrected chi connectivity index (χ0v) is 12.6. The fraction of sp³-hybridized carbons (Fsp3) is 0.500. The molecule has 3 rings (SSSR count). The highest BCUT2D eigenvalue weighted by molar-refractivity contribution is 6.30. The molecule has 1 aromatic heterocycles. The van der Waals surface area contributed by atoms with Gasteiger partial charge in [0.05, 0.1) is 11.6 Å². The largest absolute Gasteiger partial charge is 0.441 e. The standard InChI is InChI=1S/C14H16ClN3O4/c15-9-6-10(11(19)16-7-9)12(20)18-4-1-2-14(3-5-18)8-17-13(21)22-14/h6-7H,1-5,8H2,(H,16,19)(H,17,21)/t14-/m1/s1. The first-order valence-electron chi connectivity index (χ1n) is 7.13. The monoisotopic (exact) mass is 325 g/mol. The van der Waals surface area contributed by atoms with Crippen molar-refractivity contribution in [1.29, 1.82) is 0 Å². The van der Waals surface area contributed by atoms with Gasteiger partial charge in [-0.2, -0.15) is 0 Å². The van der Waals surface area contributed by atoms with Gasteiger partial charge in [0.25, 0.3) is 11.5 Å². The summed E-state index contributed by atoms with van der Waals surface area (Å²) in [5.41, 5.74) is -0.959. The van der Waals surface area contributed by atoms with Crippen molar-refractivity contribution in [2.75, 3.05) is 19.6 Å². The van der Waals surface area contributed by atoms with E-state index in [0.29, 0.717) is 43.9 Å². The molecule has 0 saturated carbocycles. The summed E-state index contributed by atoms with van der Waals surface area (Å²) in [6, 6.07) is 1.38. The molecule has 2 N–H and O–H groups in total. The first kappa shape index (κ1) is 14.9. The number of halogens is 1. The number of rotatable bonds is 1. The number of pyridine rings is 1. The summed E-state index contributed by atoms with van der Waals surface area (Å²) in [5, 5.41) is 2.97. The molecule has 2 aliphatic heterocycles. The highest BCUT2D eigenvalue weighted by Gasteiger charge is 2.42. The van der Waals surface area contributed by atoms with Crippen LogP contribution in [0.5, 0.6) is 0 Å². The Morgan fingerprint density at radius 1 is 1.32 bits per heavy atom. The van der Waals surface area contributed by atoms with E-state index in [9.17, 15) is 14.4 Å². The molecule has 8 heteroatoms. The number of hydrogen-bond acceptors (Lipinski definition) is 4. The molecule has 0 aromatic carbocycles. The lowest BCUT2D eigenvalue weighted by atomic mass is 9.95. The molecule has 2 amide bonds. The van der Waals surface area contributed by atoms with Gasteiger partial charge in [0.1, 0.15) is 11.2 Å². The van der Waals surface area contributed by atoms with Crippen molar-refractivity contribution >= 4 is 23.6 Å². The first-order chi connectivity index (χ1) is 10.5. The molecule has 22 heavy (non-hydrogen) atoms. The Balaban J connectivity index is 1.76. The predicted octanol–water partition coefficient (Wildman–Crippen LogP) is 1.13. The van der Waals surface area contributed by atoms with E-state index >= 15 is 0 Å². The Labute approximate surface area is 131 Å². The minimum atomic E-state index is -0.535. The van der Waals surface area contributed by atoms with E-state index in [4.69, 9.17) is 16.3 Å². The maximum atomic E-state index is 12.5. The molecule has 118 valence electrons. The highest BCUT2D eigenvalue weighted by atomic mass is 35.5. The second-order valence-electron chi connectivity index (χ2n) is 5.63. The minimum Gasteiger partial charge on any atom is -0.441 e. The number of amides is 2. The number of aromatic nitrogens is 1. The SMILES string of the molecule is O=C1NC[C@]2(CCCN(C(=O)c3cc(Cl)c[nH]c3=O)CC2)O1. The van der Waals surface area contributed by atoms with Gasteiger partial charge in [-0.05, 0) is 18.9 Å². The molecular weight excluding hydrogens is 310 g/mol. The van der Waals surface area contributed by atoms with Crippen LogP contribution >= 0.6 is 11.6 Å². The molecule has 1 atom stereocenters. The van der Waals surface area contributed by atoms with Crippen LogP contribution in [0.15, 0.2) is 17.1 Å². The third kappa shape index (κ3) is 2.81. The topological polar surface area (TPSA) is 91.5 Å². The van der Waals surface area contributed by atoms with E-state index in [0.717, 1.165) is 0 Å². The van der Waals surface area contributed by atoms with Crippen molar-refractivity contribution in [3.05, 3.63) is 33.2 Å². The van der Waals surface area contributed by atoms with Crippen molar-refractivity contribution in [2.45, 2.75) is 24.9 Å². The van der Waals surface area contributed by atoms with Crippen molar-refractivity contribution in [3.63, 3.8) is 0 Å². The summed E-state index contributed by atoms with van der Waals surface area (Å²) in [5.74, 6) is -0.349. The second-order valence-corrected chi connectivity index (χ2v) is 6.07. The molecule has 3 heterocycles. The number of ether oxygens (including phenoxy) is 1. The summed E-state index contributed by atoms with van der Waals surface area (Å²) in [4.78, 5) is 39.6. The van der Waals surface area contributed by atoms with Crippen LogP contribution in [0.1, 0.15) is 29.6 Å². The molecular formula is C14H16ClN3O4. The Hall–Kier alpha value is -2.02. The summed E-state index contributed by atoms with van der Waals surface area (Å²) in [7, 11) is 0. The van der Waals surface area contributed by atoms with Crippen molar-refractivity contribution in [3.8, 4) is 0 Å². The summed E-state index contributed by atoms with van der Waals surface area (Å²) < 4.78 is 5.37. The maximum absolute atomic E-state index is 12.5. The number of carbonyl (C=O) groups excluding carboxylic acids is 2. The third-order valence-corrected chi connectivity index (χ3v) is 4.37. The van der Waals surface area contributed by atoms with Gasteiger partial charge in [0, 0.05) is 25.7 Å². The van der Waals surface area contributed by atoms with Crippen LogP contribution in [-0.2, 0) is 4.74 Å². The number of nitrogens with zero attached hydrogens (tertiary/aromatic N) is 1. The Morgan fingerprint density at radius 3 is 2.86 bits per heavy atom. The smallest absolute Gasteiger partial charge is 0.407 e. The number of alkyl carbamates (subject to hydrolysis) is 1. The number of carbonyl (C=O) groups is 2. The Kier molecular flexibility index (Phi) is 3.82. The highest BCUT2D eigenvalue weighted by Crippen LogP contribution is 2.29. The number of nitrogens with one attached hydrogen (secondary N) is 2. The van der Waals surface area contributed by atoms with E-state index in [2.05, 4.69) is 10.3 Å². The van der Waals surface area contributed by atoms with E-state index < -0.39 is 17.3 Å². The lowest BCUT2D eigenvalue weighted by molar-refractivity contribution is 0.0438. The minimum absolute atomic E-state index is 0.0324. The van der Waals surface area contributed by atoms with E-state index in [1.165, 1.54) is 12.3 Å². The summed E-state index contributed by atoms with van der Waals surface area (Å²) >= 11 is 5.84. The molecule has 1 spiro atoms. The molecule has 2 fully saturated rings. The molecule has 1 aromatic rings. The van der Waals surface area contributed by atoms with Gasteiger partial charge in [0.2, 0.25) is 0 Å². The predicted molar refractivity (Wildman–Crippen MR) is 79.0 cm³/mol. The molecule has 0 unspecified atom stereocenters. The lowest BCUT2D eigenvalue weighted by Crippen LogP contribution is -2.38. The van der Waals surface area contributed by atoms with Gasteiger partial charge in [-0.3, -0.25) is 9.59 Å². The molecule has 2 aliphatic rings. The summed E-state index contributed by atoms with van der Waals surface area (Å²) in [6.45, 7) is 1.41. The van der Waals surface area contributed by atoms with Crippen LogP contribution in [0.2, 0.25) is 5.02 Å². The number of H-pyrrole nitrogens is 1. The fourth-order valence-electron chi connectivity index (χ4n) is 2.94. The Morgan fingerprint density at radius 2 is 2.14 bits per heavy atom. The van der Waals surface area contributed by atoms with Gasteiger partial charge in [-0.1, -0.05) is 11.6 Å². The normalized spacial score (nSPS) is 24.8. The summed E-state index contributed by atoms with van der Waals surface area (Å²) in [6.07, 6.45) is 2.89. The van der Waals surface area contributed by atoms with Crippen LogP contribution < -0.4 is 10.9 Å².